The first-order chi connectivity index (χ1) is 18.7. The lowest BCUT2D eigenvalue weighted by Gasteiger charge is -2.26. The molecule has 0 bridgehead atoms. The highest BCUT2D eigenvalue weighted by molar-refractivity contribution is 7.89. The summed E-state index contributed by atoms with van der Waals surface area (Å²) in [5.41, 5.74) is 3.59. The Morgan fingerprint density at radius 1 is 0.925 bits per heavy atom. The zero-order valence-electron chi connectivity index (χ0n) is 23.3. The quantitative estimate of drug-likeness (QED) is 0.263. The lowest BCUT2D eigenvalue weighted by Crippen LogP contribution is -2.47. The second-order valence-electron chi connectivity index (χ2n) is 10.9. The summed E-state index contributed by atoms with van der Waals surface area (Å²) in [6.45, 7) is 10.6. The number of esters is 1. The van der Waals surface area contributed by atoms with E-state index in [-0.39, 0.29) is 16.7 Å². The molecule has 0 aliphatic heterocycles. The van der Waals surface area contributed by atoms with E-state index >= 15 is 0 Å². The first kappa shape index (κ1) is 29.0. The van der Waals surface area contributed by atoms with Gasteiger partial charge in [0.25, 0.3) is 5.89 Å². The number of nitrogens with zero attached hydrogens (tertiary/aromatic N) is 1. The fourth-order valence-corrected chi connectivity index (χ4v) is 5.28. The molecule has 0 saturated carbocycles. The zero-order chi connectivity index (χ0) is 29.2. The Hall–Kier alpha value is -4.02. The minimum atomic E-state index is -3.98. The number of anilines is 1. The van der Waals surface area contributed by atoms with Gasteiger partial charge in [0.1, 0.15) is 17.2 Å². The number of carbonyl (C=O) groups is 2. The predicted molar refractivity (Wildman–Crippen MR) is 153 cm³/mol. The fraction of sp³-hybridized carbons (Fsp3) is 0.300. The molecule has 9 nitrogen and oxygen atoms in total. The van der Waals surface area contributed by atoms with E-state index in [0.717, 1.165) is 16.7 Å². The second-order valence-corrected chi connectivity index (χ2v) is 12.6. The van der Waals surface area contributed by atoms with Crippen molar-refractivity contribution >= 4 is 38.7 Å². The van der Waals surface area contributed by atoms with Crippen molar-refractivity contribution in [3.8, 4) is 11.1 Å². The number of benzene rings is 3. The third-order valence-corrected chi connectivity index (χ3v) is 7.44. The van der Waals surface area contributed by atoms with E-state index in [9.17, 15) is 18.0 Å². The van der Waals surface area contributed by atoms with Crippen LogP contribution in [0.1, 0.15) is 50.9 Å². The average molecular weight is 564 g/mol. The van der Waals surface area contributed by atoms with Crippen molar-refractivity contribution in [3.05, 3.63) is 78.2 Å². The molecule has 3 aromatic carbocycles. The molecule has 10 heteroatoms. The number of fused-ring (bicyclic) bond motifs is 1. The van der Waals surface area contributed by atoms with E-state index < -0.39 is 33.5 Å². The standard InChI is InChI=1S/C30H33N3O6S/c1-18(2)26(29(35)39-30(4,5)6)33-40(36,37)23-14-10-21(11-15-23)20-8-12-22(13-9-20)31-27(34)28-32-24-17-19(3)7-16-25(24)38-28/h7-18,26,33H,1-6H3,(H,31,34)/t26-/m0/s1. The number of aryl methyl sites for hydroxylation is 1. The van der Waals surface area contributed by atoms with Crippen LogP contribution in [0.15, 0.2) is 76.0 Å². The van der Waals surface area contributed by atoms with Crippen molar-refractivity contribution in [2.75, 3.05) is 5.32 Å². The second kappa shape index (κ2) is 11.2. The zero-order valence-corrected chi connectivity index (χ0v) is 24.1. The van der Waals surface area contributed by atoms with E-state index in [2.05, 4.69) is 15.0 Å². The van der Waals surface area contributed by atoms with Crippen LogP contribution in [0, 0.1) is 12.8 Å². The summed E-state index contributed by atoms with van der Waals surface area (Å²) in [5, 5.41) is 2.77. The first-order valence-electron chi connectivity index (χ1n) is 12.9. The topological polar surface area (TPSA) is 128 Å². The van der Waals surface area contributed by atoms with E-state index in [1.165, 1.54) is 12.1 Å². The number of nitrogens with one attached hydrogen (secondary N) is 2. The van der Waals surface area contributed by atoms with Gasteiger partial charge in [-0.3, -0.25) is 9.59 Å². The Bertz CT molecular complexity index is 1630. The molecule has 2 N–H and O–H groups in total. The van der Waals surface area contributed by atoms with E-state index in [0.29, 0.717) is 16.8 Å². The molecule has 0 unspecified atom stereocenters. The van der Waals surface area contributed by atoms with E-state index in [4.69, 9.17) is 9.15 Å². The molecule has 0 fully saturated rings. The summed E-state index contributed by atoms with van der Waals surface area (Å²) in [5.74, 6) is -1.42. The SMILES string of the molecule is Cc1ccc2oc(C(=O)Nc3ccc(-c4ccc(S(=O)(=O)N[C@H](C(=O)OC(C)(C)C)C(C)C)cc4)cc3)nc2c1. The van der Waals surface area contributed by atoms with Gasteiger partial charge in [0.2, 0.25) is 10.0 Å². The van der Waals surface area contributed by atoms with Gasteiger partial charge in [-0.15, -0.1) is 0 Å². The molecular weight excluding hydrogens is 530 g/mol. The van der Waals surface area contributed by atoms with Crippen LogP contribution < -0.4 is 10.0 Å². The maximum absolute atomic E-state index is 13.0. The van der Waals surface area contributed by atoms with Gasteiger partial charge in [-0.25, -0.2) is 13.4 Å². The van der Waals surface area contributed by atoms with Gasteiger partial charge in [-0.1, -0.05) is 44.2 Å². The molecular formula is C30H33N3O6S. The number of carbonyl (C=O) groups excluding carboxylic acids is 2. The maximum Gasteiger partial charge on any atom is 0.324 e. The van der Waals surface area contributed by atoms with Crippen LogP contribution in [-0.2, 0) is 19.6 Å². The average Bonchev–Trinajstić information content (AvgIpc) is 3.30. The van der Waals surface area contributed by atoms with Crippen molar-refractivity contribution < 1.29 is 27.2 Å². The van der Waals surface area contributed by atoms with Gasteiger partial charge >= 0.3 is 11.9 Å². The van der Waals surface area contributed by atoms with E-state index in [1.54, 1.807) is 65.0 Å². The summed E-state index contributed by atoms with van der Waals surface area (Å²) in [6.07, 6.45) is 0. The Morgan fingerprint density at radius 2 is 1.52 bits per heavy atom. The van der Waals surface area contributed by atoms with Crippen LogP contribution in [0.25, 0.3) is 22.2 Å². The van der Waals surface area contributed by atoms with Crippen molar-refractivity contribution in [2.45, 2.75) is 58.1 Å². The molecule has 40 heavy (non-hydrogen) atoms. The van der Waals surface area contributed by atoms with Crippen molar-refractivity contribution in [3.63, 3.8) is 0 Å². The highest BCUT2D eigenvalue weighted by Gasteiger charge is 2.32. The largest absolute Gasteiger partial charge is 0.459 e. The lowest BCUT2D eigenvalue weighted by molar-refractivity contribution is -0.158. The summed E-state index contributed by atoms with van der Waals surface area (Å²) >= 11 is 0. The smallest absolute Gasteiger partial charge is 0.324 e. The first-order valence-corrected chi connectivity index (χ1v) is 14.3. The number of oxazole rings is 1. The number of rotatable bonds is 8. The molecule has 4 rings (SSSR count). The minimum Gasteiger partial charge on any atom is -0.459 e. The van der Waals surface area contributed by atoms with Crippen LogP contribution in [-0.4, -0.2) is 36.9 Å². The molecule has 1 heterocycles. The molecule has 0 saturated heterocycles. The monoisotopic (exact) mass is 563 g/mol. The molecule has 210 valence electrons. The number of sulfonamides is 1. The van der Waals surface area contributed by atoms with E-state index in [1.807, 2.05) is 31.2 Å². The van der Waals surface area contributed by atoms with Crippen LogP contribution in [0.3, 0.4) is 0 Å². The number of amides is 1. The maximum atomic E-state index is 13.0. The molecule has 4 aromatic rings. The number of aromatic nitrogens is 1. The Balaban J connectivity index is 1.44. The van der Waals surface area contributed by atoms with Crippen LogP contribution in [0.4, 0.5) is 5.69 Å². The summed E-state index contributed by atoms with van der Waals surface area (Å²) in [6, 6.07) is 17.9. The molecule has 0 aliphatic rings. The third-order valence-electron chi connectivity index (χ3n) is 5.99. The molecule has 1 amide bonds. The fourth-order valence-electron chi connectivity index (χ4n) is 3.95. The Labute approximate surface area is 234 Å². The normalized spacial score (nSPS) is 12.9. The summed E-state index contributed by atoms with van der Waals surface area (Å²) in [4.78, 5) is 29.5. The van der Waals surface area contributed by atoms with Crippen molar-refractivity contribution in [2.24, 2.45) is 5.92 Å². The Kier molecular flexibility index (Phi) is 8.13. The molecule has 0 aliphatic carbocycles. The number of hydrogen-bond donors (Lipinski definition) is 2. The van der Waals surface area contributed by atoms with Gasteiger partial charge < -0.3 is 14.5 Å². The third kappa shape index (κ3) is 6.94. The van der Waals surface area contributed by atoms with Gasteiger partial charge in [0.05, 0.1) is 4.90 Å². The lowest BCUT2D eigenvalue weighted by atomic mass is 10.1. The van der Waals surface area contributed by atoms with Crippen LogP contribution in [0.2, 0.25) is 0 Å². The molecule has 0 spiro atoms. The molecule has 1 atom stereocenters. The summed E-state index contributed by atoms with van der Waals surface area (Å²) < 4.78 is 39.5. The highest BCUT2D eigenvalue weighted by Crippen LogP contribution is 2.25. The van der Waals surface area contributed by atoms with Crippen LogP contribution in [0.5, 0.6) is 0 Å². The number of ether oxygens (including phenoxy) is 1. The van der Waals surface area contributed by atoms with Crippen molar-refractivity contribution in [1.29, 1.82) is 0 Å². The van der Waals surface area contributed by atoms with Gasteiger partial charge in [-0.05, 0) is 86.7 Å². The predicted octanol–water partition coefficient (Wildman–Crippen LogP) is 5.70. The minimum absolute atomic E-state index is 0.0264. The Morgan fingerprint density at radius 3 is 2.10 bits per heavy atom. The number of hydrogen-bond acceptors (Lipinski definition) is 7. The molecule has 0 radical (unpaired) electrons. The highest BCUT2D eigenvalue weighted by atomic mass is 32.2. The molecule has 1 aromatic heterocycles. The van der Waals surface area contributed by atoms with Crippen molar-refractivity contribution in [1.82, 2.24) is 9.71 Å². The summed E-state index contributed by atoms with van der Waals surface area (Å²) in [7, 11) is -3.98. The van der Waals surface area contributed by atoms with Gasteiger partial charge in [-0.2, -0.15) is 4.72 Å². The van der Waals surface area contributed by atoms with Gasteiger partial charge in [0, 0.05) is 5.69 Å². The van der Waals surface area contributed by atoms with Gasteiger partial charge in [0.15, 0.2) is 5.58 Å². The van der Waals surface area contributed by atoms with Crippen LogP contribution >= 0.6 is 0 Å².